The summed E-state index contributed by atoms with van der Waals surface area (Å²) in [6.07, 6.45) is 1.42. The predicted octanol–water partition coefficient (Wildman–Crippen LogP) is 3.74. The summed E-state index contributed by atoms with van der Waals surface area (Å²) in [5.41, 5.74) is 3.68. The van der Waals surface area contributed by atoms with Crippen molar-refractivity contribution < 1.29 is 24.5 Å². The van der Waals surface area contributed by atoms with Crippen LogP contribution in [0.3, 0.4) is 0 Å². The van der Waals surface area contributed by atoms with Crippen LogP contribution in [0.15, 0.2) is 42.5 Å². The van der Waals surface area contributed by atoms with Crippen LogP contribution in [-0.4, -0.2) is 45.7 Å². The summed E-state index contributed by atoms with van der Waals surface area (Å²) in [6.45, 7) is 8.07. The number of aliphatic hydroxyl groups is 1. The Morgan fingerprint density at radius 1 is 1.13 bits per heavy atom. The van der Waals surface area contributed by atoms with Crippen LogP contribution in [0.5, 0.6) is 5.75 Å². The number of nitrogens with zero attached hydrogens (tertiary/aromatic N) is 1. The maximum absolute atomic E-state index is 12.6. The lowest BCUT2D eigenvalue weighted by molar-refractivity contribution is -0.142. The van der Waals surface area contributed by atoms with Gasteiger partial charge in [0.15, 0.2) is 0 Å². The first kappa shape index (κ1) is 23.4. The van der Waals surface area contributed by atoms with E-state index in [1.165, 1.54) is 6.92 Å². The Hall–Kier alpha value is -2.86. The number of benzene rings is 2. The molecular formula is C24H31NO5. The summed E-state index contributed by atoms with van der Waals surface area (Å²) in [5.74, 6) is -0.0290. The van der Waals surface area contributed by atoms with Crippen molar-refractivity contribution in [3.8, 4) is 5.75 Å². The second-order valence-corrected chi connectivity index (χ2v) is 7.66. The minimum atomic E-state index is -0.458. The highest BCUT2D eigenvalue weighted by Gasteiger charge is 2.33. The molecule has 0 radical (unpaired) electrons. The number of phenols is 1. The summed E-state index contributed by atoms with van der Waals surface area (Å²) < 4.78 is 4.75. The van der Waals surface area contributed by atoms with Crippen LogP contribution in [0.25, 0.3) is 0 Å². The number of ether oxygens (including phenoxy) is 1. The van der Waals surface area contributed by atoms with Crippen molar-refractivity contribution in [3.63, 3.8) is 0 Å². The Balaban J connectivity index is 0.000000232. The Morgan fingerprint density at radius 3 is 2.27 bits per heavy atom. The van der Waals surface area contributed by atoms with Crippen molar-refractivity contribution in [2.45, 2.75) is 59.3 Å². The smallest absolute Gasteiger partial charge is 0.302 e. The number of aliphatic hydroxyl groups excluding tert-OH is 1. The van der Waals surface area contributed by atoms with Gasteiger partial charge in [-0.1, -0.05) is 30.3 Å². The molecule has 2 unspecified atom stereocenters. The third-order valence-electron chi connectivity index (χ3n) is 5.19. The van der Waals surface area contributed by atoms with Gasteiger partial charge < -0.3 is 19.8 Å². The zero-order chi connectivity index (χ0) is 22.3. The third-order valence-corrected chi connectivity index (χ3v) is 5.19. The quantitative estimate of drug-likeness (QED) is 0.746. The number of rotatable bonds is 4. The molecule has 1 aliphatic heterocycles. The van der Waals surface area contributed by atoms with Gasteiger partial charge in [-0.25, -0.2) is 0 Å². The zero-order valence-corrected chi connectivity index (χ0v) is 18.1. The molecule has 2 aromatic rings. The summed E-state index contributed by atoms with van der Waals surface area (Å²) in [4.78, 5) is 24.9. The van der Waals surface area contributed by atoms with Gasteiger partial charge in [0, 0.05) is 19.0 Å². The number of likely N-dealkylation sites (tertiary alicyclic amines) is 1. The Labute approximate surface area is 178 Å². The van der Waals surface area contributed by atoms with Crippen molar-refractivity contribution in [2.24, 2.45) is 0 Å². The summed E-state index contributed by atoms with van der Waals surface area (Å²) in [5, 5.41) is 18.7. The minimum absolute atomic E-state index is 0.0310. The van der Waals surface area contributed by atoms with Crippen molar-refractivity contribution in [1.29, 1.82) is 0 Å². The van der Waals surface area contributed by atoms with E-state index in [4.69, 9.17) is 9.84 Å². The van der Waals surface area contributed by atoms with Crippen LogP contribution in [-0.2, 0) is 16.1 Å². The standard InChI is InChI=1S/C15H21NO2.C9H10O3/c1-10-6-4-7-11(2)14(10)15(18)16-9-5-8-13(16)12(3)17;1-7(10)12-6-8-2-4-9(11)5-3-8/h4,6-7,12-13,17H,5,8-9H2,1-3H3;2-5,11H,6H2,1H3. The first-order valence-corrected chi connectivity index (χ1v) is 10.2. The van der Waals surface area contributed by atoms with Gasteiger partial charge in [0.25, 0.3) is 5.91 Å². The fourth-order valence-electron chi connectivity index (χ4n) is 3.62. The number of amides is 1. The highest BCUT2D eigenvalue weighted by Crippen LogP contribution is 2.25. The van der Waals surface area contributed by atoms with Gasteiger partial charge >= 0.3 is 5.97 Å². The first-order chi connectivity index (χ1) is 14.2. The average molecular weight is 414 g/mol. The molecule has 3 rings (SSSR count). The van der Waals surface area contributed by atoms with Crippen molar-refractivity contribution in [1.82, 2.24) is 4.90 Å². The minimum Gasteiger partial charge on any atom is -0.508 e. The first-order valence-electron chi connectivity index (χ1n) is 10.2. The Kier molecular flexibility index (Phi) is 8.42. The summed E-state index contributed by atoms with van der Waals surface area (Å²) in [7, 11) is 0. The van der Waals surface area contributed by atoms with Crippen LogP contribution in [0.1, 0.15) is 53.7 Å². The maximum atomic E-state index is 12.6. The highest BCUT2D eigenvalue weighted by molar-refractivity contribution is 5.97. The van der Waals surface area contributed by atoms with E-state index in [1.54, 1.807) is 31.2 Å². The van der Waals surface area contributed by atoms with Crippen LogP contribution in [0, 0.1) is 13.8 Å². The van der Waals surface area contributed by atoms with Crippen molar-refractivity contribution >= 4 is 11.9 Å². The molecule has 6 nitrogen and oxygen atoms in total. The molecule has 0 aliphatic carbocycles. The molecule has 0 spiro atoms. The van der Waals surface area contributed by atoms with E-state index in [9.17, 15) is 14.7 Å². The van der Waals surface area contributed by atoms with Gasteiger partial charge in [-0.15, -0.1) is 0 Å². The SMILES string of the molecule is CC(=O)OCc1ccc(O)cc1.Cc1cccc(C)c1C(=O)N1CCCC1C(C)O. The largest absolute Gasteiger partial charge is 0.508 e. The Bertz CT molecular complexity index is 840. The van der Waals surface area contributed by atoms with Gasteiger partial charge in [-0.05, 0) is 62.4 Å². The van der Waals surface area contributed by atoms with Gasteiger partial charge in [0.2, 0.25) is 0 Å². The summed E-state index contributed by atoms with van der Waals surface area (Å²) in [6, 6.07) is 12.4. The van der Waals surface area contributed by atoms with E-state index < -0.39 is 6.10 Å². The molecule has 0 aromatic heterocycles. The zero-order valence-electron chi connectivity index (χ0n) is 18.1. The number of hydrogen-bond donors (Lipinski definition) is 2. The van der Waals surface area contributed by atoms with Gasteiger partial charge in [0.05, 0.1) is 12.1 Å². The molecule has 1 fully saturated rings. The molecule has 1 amide bonds. The third kappa shape index (κ3) is 6.32. The fraction of sp³-hybridized carbons (Fsp3) is 0.417. The monoisotopic (exact) mass is 413 g/mol. The number of aryl methyl sites for hydroxylation is 2. The lowest BCUT2D eigenvalue weighted by atomic mass is 10.0. The molecule has 2 aromatic carbocycles. The van der Waals surface area contributed by atoms with Crippen LogP contribution in [0.4, 0.5) is 0 Å². The number of phenolic OH excluding ortho intramolecular Hbond substituents is 1. The van der Waals surface area contributed by atoms with E-state index in [0.717, 1.165) is 41.6 Å². The molecule has 0 saturated carbocycles. The second-order valence-electron chi connectivity index (χ2n) is 7.66. The van der Waals surface area contributed by atoms with E-state index in [2.05, 4.69) is 0 Å². The van der Waals surface area contributed by atoms with E-state index in [1.807, 2.05) is 36.9 Å². The number of esters is 1. The maximum Gasteiger partial charge on any atom is 0.302 e. The number of carbonyl (C=O) groups is 2. The molecule has 1 saturated heterocycles. The lowest BCUT2D eigenvalue weighted by Crippen LogP contribution is -2.42. The highest BCUT2D eigenvalue weighted by atomic mass is 16.5. The van der Waals surface area contributed by atoms with E-state index in [-0.39, 0.29) is 30.3 Å². The second kappa shape index (κ2) is 10.8. The molecule has 30 heavy (non-hydrogen) atoms. The fourth-order valence-corrected chi connectivity index (χ4v) is 3.62. The lowest BCUT2D eigenvalue weighted by Gasteiger charge is -2.28. The average Bonchev–Trinajstić information content (AvgIpc) is 3.18. The number of carbonyl (C=O) groups excluding carboxylic acids is 2. The predicted molar refractivity (Wildman–Crippen MR) is 115 cm³/mol. The van der Waals surface area contributed by atoms with Crippen LogP contribution >= 0.6 is 0 Å². The topological polar surface area (TPSA) is 87.1 Å². The van der Waals surface area contributed by atoms with Gasteiger partial charge in [0.1, 0.15) is 12.4 Å². The molecule has 2 N–H and O–H groups in total. The molecule has 0 bridgehead atoms. The van der Waals surface area contributed by atoms with Gasteiger partial charge in [-0.3, -0.25) is 9.59 Å². The number of hydrogen-bond acceptors (Lipinski definition) is 5. The van der Waals surface area contributed by atoms with E-state index in [0.29, 0.717) is 0 Å². The van der Waals surface area contributed by atoms with Crippen molar-refractivity contribution in [2.75, 3.05) is 6.54 Å². The molecule has 2 atom stereocenters. The van der Waals surface area contributed by atoms with E-state index >= 15 is 0 Å². The normalized spacial score (nSPS) is 16.4. The summed E-state index contributed by atoms with van der Waals surface area (Å²) >= 11 is 0. The molecular weight excluding hydrogens is 382 g/mol. The molecule has 1 aliphatic rings. The van der Waals surface area contributed by atoms with Crippen LogP contribution in [0.2, 0.25) is 0 Å². The van der Waals surface area contributed by atoms with Crippen LogP contribution < -0.4 is 0 Å². The molecule has 1 heterocycles. The van der Waals surface area contributed by atoms with Crippen molar-refractivity contribution in [3.05, 3.63) is 64.7 Å². The van der Waals surface area contributed by atoms with Gasteiger partial charge in [-0.2, -0.15) is 0 Å². The Morgan fingerprint density at radius 2 is 1.73 bits per heavy atom. The number of aromatic hydroxyl groups is 1. The molecule has 6 heteroatoms. The molecule has 162 valence electrons.